The van der Waals surface area contributed by atoms with E-state index in [1.165, 1.54) is 122 Å². The largest absolute Gasteiger partial charge is 0.394 e. The number of carbonyl (C=O) groups is 1. The maximum Gasteiger partial charge on any atom is 0.220 e. The summed E-state index contributed by atoms with van der Waals surface area (Å²) in [7, 11) is 0. The summed E-state index contributed by atoms with van der Waals surface area (Å²) in [5.74, 6) is -0.195. The van der Waals surface area contributed by atoms with Gasteiger partial charge in [0, 0.05) is 6.42 Å². The Kier molecular flexibility index (Phi) is 52.0. The predicted octanol–water partition coefficient (Wildman–Crippen LogP) is 16.3. The van der Waals surface area contributed by atoms with Crippen molar-refractivity contribution >= 4 is 5.91 Å². The standard InChI is InChI=1S/C68H115NO8/c1-3-5-7-9-11-13-15-17-19-21-23-24-25-26-27-28-29-30-31-32-33-34-35-36-37-38-40-42-44-46-48-50-52-54-56-58-64(72)69-61(60-76-68-67(75)66(74)65(73)63(59-70)77-68)62(71)57-55-53-51-49-47-45-43-41-39-22-20-18-16-14-12-10-8-6-4-2/h5,7,11,13,17,19,23-24,26-27,29-30,32-33,35-36,47,49,55,57,61-63,65-68,70-71,73-75H,3-4,6,8-10,12,14-16,18,20-22,25,28,31,34,37-46,48,50-54,56,58-60H2,1-2H3,(H,69,72)/b7-5-,13-11-,19-17-,24-23-,27-26-,30-29-,33-32-,36-35-,49-47+,57-55+. The zero-order chi connectivity index (χ0) is 55.8. The predicted molar refractivity (Wildman–Crippen MR) is 327 cm³/mol. The van der Waals surface area contributed by atoms with E-state index in [2.05, 4.69) is 129 Å². The molecule has 0 aromatic carbocycles. The average molecular weight is 1070 g/mol. The number of ether oxygens (including phenoxy) is 2. The van der Waals surface area contributed by atoms with Crippen molar-refractivity contribution in [2.75, 3.05) is 13.2 Å². The van der Waals surface area contributed by atoms with Crippen molar-refractivity contribution in [3.05, 3.63) is 122 Å². The van der Waals surface area contributed by atoms with E-state index in [0.717, 1.165) is 103 Å². The first-order chi connectivity index (χ1) is 37.8. The highest BCUT2D eigenvalue weighted by Crippen LogP contribution is 2.23. The minimum absolute atomic E-state index is 0.195. The van der Waals surface area contributed by atoms with Crippen LogP contribution in [-0.4, -0.2) is 87.5 Å². The first kappa shape index (κ1) is 71.6. The number of amides is 1. The van der Waals surface area contributed by atoms with Gasteiger partial charge in [-0.2, -0.15) is 0 Å². The number of nitrogens with one attached hydrogen (secondary N) is 1. The Morgan fingerprint density at radius 1 is 0.455 bits per heavy atom. The molecule has 0 saturated carbocycles. The third-order valence-electron chi connectivity index (χ3n) is 14.0. The van der Waals surface area contributed by atoms with E-state index in [1.807, 2.05) is 6.08 Å². The molecule has 9 heteroatoms. The maximum absolute atomic E-state index is 13.1. The summed E-state index contributed by atoms with van der Waals surface area (Å²) in [6.07, 6.45) is 77.0. The molecule has 9 nitrogen and oxygen atoms in total. The lowest BCUT2D eigenvalue weighted by atomic mass is 9.99. The highest BCUT2D eigenvalue weighted by molar-refractivity contribution is 5.76. The van der Waals surface area contributed by atoms with Crippen molar-refractivity contribution in [1.29, 1.82) is 0 Å². The molecule has 0 bridgehead atoms. The molecule has 0 aromatic heterocycles. The number of hydrogen-bond donors (Lipinski definition) is 6. The number of aliphatic hydroxyl groups is 5. The van der Waals surface area contributed by atoms with Gasteiger partial charge in [0.05, 0.1) is 25.4 Å². The zero-order valence-corrected chi connectivity index (χ0v) is 48.9. The molecule has 7 unspecified atom stereocenters. The number of hydrogen-bond acceptors (Lipinski definition) is 8. The van der Waals surface area contributed by atoms with Crippen molar-refractivity contribution in [2.45, 2.75) is 288 Å². The molecule has 6 N–H and O–H groups in total. The van der Waals surface area contributed by atoms with Crippen LogP contribution < -0.4 is 5.32 Å². The SMILES string of the molecule is CC/C=C\C/C=C\C/C=C\C/C=C\C/C=C\C/C=C\C/C=C\C/C=C\CCCCCCCCCCCCC(=O)NC(COC1OC(CO)C(O)C(O)C1O)C(O)/C=C/CC/C=C/CCCCCCCCCCCCCCC. The Morgan fingerprint density at radius 2 is 0.818 bits per heavy atom. The van der Waals surface area contributed by atoms with E-state index in [0.29, 0.717) is 6.42 Å². The smallest absolute Gasteiger partial charge is 0.220 e. The lowest BCUT2D eigenvalue weighted by Gasteiger charge is -2.40. The molecule has 1 amide bonds. The quantitative estimate of drug-likeness (QED) is 0.0261. The van der Waals surface area contributed by atoms with Crippen LogP contribution in [0.3, 0.4) is 0 Å². The van der Waals surface area contributed by atoms with Crippen molar-refractivity contribution in [2.24, 2.45) is 0 Å². The highest BCUT2D eigenvalue weighted by Gasteiger charge is 2.44. The molecule has 7 atom stereocenters. The molecule has 77 heavy (non-hydrogen) atoms. The molecule has 1 rings (SSSR count). The van der Waals surface area contributed by atoms with Crippen LogP contribution in [0.25, 0.3) is 0 Å². The van der Waals surface area contributed by atoms with Gasteiger partial charge in [-0.25, -0.2) is 0 Å². The van der Waals surface area contributed by atoms with Gasteiger partial charge in [0.2, 0.25) is 5.91 Å². The third-order valence-corrected chi connectivity index (χ3v) is 14.0. The summed E-state index contributed by atoms with van der Waals surface area (Å²) in [5.41, 5.74) is 0. The van der Waals surface area contributed by atoms with Crippen molar-refractivity contribution in [3.63, 3.8) is 0 Å². The summed E-state index contributed by atoms with van der Waals surface area (Å²) in [6, 6.07) is -0.833. The van der Waals surface area contributed by atoms with Gasteiger partial charge < -0.3 is 40.3 Å². The molecule has 0 aliphatic carbocycles. The summed E-state index contributed by atoms with van der Waals surface area (Å²) in [5, 5.41) is 54.6. The van der Waals surface area contributed by atoms with Gasteiger partial charge in [0.25, 0.3) is 0 Å². The molecule has 440 valence electrons. The van der Waals surface area contributed by atoms with Crippen LogP contribution in [0.4, 0.5) is 0 Å². The zero-order valence-electron chi connectivity index (χ0n) is 48.9. The van der Waals surface area contributed by atoms with Gasteiger partial charge in [-0.05, 0) is 96.3 Å². The summed E-state index contributed by atoms with van der Waals surface area (Å²) in [6.45, 7) is 3.65. The second-order valence-corrected chi connectivity index (χ2v) is 21.1. The van der Waals surface area contributed by atoms with E-state index in [1.54, 1.807) is 6.08 Å². The molecule has 1 heterocycles. The average Bonchev–Trinajstić information content (AvgIpc) is 3.43. The Bertz CT molecular complexity index is 1620. The minimum atomic E-state index is -1.58. The van der Waals surface area contributed by atoms with Crippen LogP contribution in [-0.2, 0) is 14.3 Å². The Morgan fingerprint density at radius 3 is 1.25 bits per heavy atom. The lowest BCUT2D eigenvalue weighted by Crippen LogP contribution is -2.60. The van der Waals surface area contributed by atoms with Gasteiger partial charge in [0.1, 0.15) is 24.4 Å². The van der Waals surface area contributed by atoms with E-state index >= 15 is 0 Å². The second-order valence-electron chi connectivity index (χ2n) is 21.1. The summed E-state index contributed by atoms with van der Waals surface area (Å²) < 4.78 is 11.3. The van der Waals surface area contributed by atoms with E-state index < -0.39 is 49.5 Å². The fourth-order valence-electron chi connectivity index (χ4n) is 9.13. The molecule has 1 aliphatic rings. The monoisotopic (exact) mass is 1070 g/mol. The van der Waals surface area contributed by atoms with Crippen molar-refractivity contribution in [3.8, 4) is 0 Å². The molecule has 0 aromatic rings. The Hall–Kier alpha value is -3.41. The van der Waals surface area contributed by atoms with Crippen LogP contribution in [0.15, 0.2) is 122 Å². The minimum Gasteiger partial charge on any atom is -0.394 e. The molecule has 1 fully saturated rings. The molecule has 1 aliphatic heterocycles. The summed E-state index contributed by atoms with van der Waals surface area (Å²) >= 11 is 0. The molecule has 0 spiro atoms. The highest BCUT2D eigenvalue weighted by atomic mass is 16.7. The summed E-state index contributed by atoms with van der Waals surface area (Å²) in [4.78, 5) is 13.1. The maximum atomic E-state index is 13.1. The van der Waals surface area contributed by atoms with Crippen LogP contribution in [0.1, 0.15) is 245 Å². The van der Waals surface area contributed by atoms with Crippen molar-refractivity contribution < 1.29 is 39.8 Å². The third kappa shape index (κ3) is 45.1. The van der Waals surface area contributed by atoms with Gasteiger partial charge in [-0.1, -0.05) is 264 Å². The number of aliphatic hydroxyl groups excluding tert-OH is 5. The Balaban J connectivity index is 2.20. The first-order valence-corrected chi connectivity index (χ1v) is 31.3. The fourth-order valence-corrected chi connectivity index (χ4v) is 9.13. The van der Waals surface area contributed by atoms with Crippen molar-refractivity contribution in [1.82, 2.24) is 5.32 Å². The van der Waals surface area contributed by atoms with E-state index in [4.69, 9.17) is 9.47 Å². The first-order valence-electron chi connectivity index (χ1n) is 31.3. The number of allylic oxidation sites excluding steroid dienone is 19. The van der Waals surface area contributed by atoms with Gasteiger partial charge in [-0.3, -0.25) is 4.79 Å². The van der Waals surface area contributed by atoms with Gasteiger partial charge in [0.15, 0.2) is 6.29 Å². The second kappa shape index (κ2) is 55.9. The van der Waals surface area contributed by atoms with E-state index in [-0.39, 0.29) is 12.5 Å². The Labute approximate surface area is 471 Å². The van der Waals surface area contributed by atoms with E-state index in [9.17, 15) is 30.3 Å². The van der Waals surface area contributed by atoms with Gasteiger partial charge >= 0.3 is 0 Å². The number of unbranched alkanes of at least 4 members (excludes halogenated alkanes) is 24. The van der Waals surface area contributed by atoms with Gasteiger partial charge in [-0.15, -0.1) is 0 Å². The van der Waals surface area contributed by atoms with Crippen LogP contribution in [0.5, 0.6) is 0 Å². The van der Waals surface area contributed by atoms with Crippen LogP contribution >= 0.6 is 0 Å². The topological polar surface area (TPSA) is 149 Å². The molecule has 0 radical (unpaired) electrons. The molecule has 1 saturated heterocycles. The lowest BCUT2D eigenvalue weighted by molar-refractivity contribution is -0.302. The number of rotatable bonds is 52. The van der Waals surface area contributed by atoms with Crippen LogP contribution in [0.2, 0.25) is 0 Å². The molecular formula is C68H115NO8. The normalized spacial score (nSPS) is 19.6. The number of carbonyl (C=O) groups excluding carboxylic acids is 1. The van der Waals surface area contributed by atoms with Crippen LogP contribution in [0, 0.1) is 0 Å². The fraction of sp³-hybridized carbons (Fsp3) is 0.691. The molecular weight excluding hydrogens is 959 g/mol.